The van der Waals surface area contributed by atoms with Gasteiger partial charge in [0.25, 0.3) is 0 Å². The number of hydrogen-bond acceptors (Lipinski definition) is 3. The van der Waals surface area contributed by atoms with Gasteiger partial charge in [-0.3, -0.25) is 8.97 Å². The molecular formula is C28H25N5. The van der Waals surface area contributed by atoms with Crippen molar-refractivity contribution in [1.29, 1.82) is 0 Å². The molecule has 0 saturated heterocycles. The van der Waals surface area contributed by atoms with Crippen molar-refractivity contribution in [1.82, 2.24) is 24.1 Å². The van der Waals surface area contributed by atoms with E-state index in [9.17, 15) is 0 Å². The summed E-state index contributed by atoms with van der Waals surface area (Å²) in [5.41, 5.74) is 9.17. The Morgan fingerprint density at radius 3 is 2.12 bits per heavy atom. The highest BCUT2D eigenvalue weighted by molar-refractivity contribution is 6.15. The topological polar surface area (TPSA) is 48.0 Å². The molecule has 0 amide bonds. The van der Waals surface area contributed by atoms with Crippen LogP contribution in [0.2, 0.25) is 0 Å². The number of para-hydroxylation sites is 1. The molecule has 0 spiro atoms. The van der Waals surface area contributed by atoms with Crippen LogP contribution in [0.3, 0.4) is 0 Å². The van der Waals surface area contributed by atoms with Crippen LogP contribution in [0.25, 0.3) is 44.3 Å². The Bertz CT molecular complexity index is 1680. The van der Waals surface area contributed by atoms with Gasteiger partial charge < -0.3 is 0 Å². The SMILES string of the molecule is Cc1cc(C)c(-c2cn3c4ccccc4c4c(-n5c(C)nnc5C)cccc4c3n2)c(C)c1. The van der Waals surface area contributed by atoms with E-state index in [1.807, 2.05) is 13.8 Å². The Hall–Kier alpha value is -3.99. The molecule has 6 aromatic rings. The highest BCUT2D eigenvalue weighted by Gasteiger charge is 2.18. The number of benzene rings is 3. The lowest BCUT2D eigenvalue weighted by molar-refractivity contribution is 0.946. The number of imidazole rings is 1. The summed E-state index contributed by atoms with van der Waals surface area (Å²) in [6.07, 6.45) is 2.18. The molecule has 0 aliphatic rings. The van der Waals surface area contributed by atoms with Crippen molar-refractivity contribution < 1.29 is 0 Å². The molecule has 3 aromatic carbocycles. The number of aryl methyl sites for hydroxylation is 5. The summed E-state index contributed by atoms with van der Waals surface area (Å²) in [6.45, 7) is 10.5. The summed E-state index contributed by atoms with van der Waals surface area (Å²) in [6, 6.07) is 19.4. The fourth-order valence-corrected chi connectivity index (χ4v) is 5.37. The quantitative estimate of drug-likeness (QED) is 0.297. The summed E-state index contributed by atoms with van der Waals surface area (Å²) >= 11 is 0. The summed E-state index contributed by atoms with van der Waals surface area (Å²) in [7, 11) is 0. The molecule has 3 aromatic heterocycles. The third kappa shape index (κ3) is 2.82. The van der Waals surface area contributed by atoms with Gasteiger partial charge in [-0.05, 0) is 57.9 Å². The first-order valence-corrected chi connectivity index (χ1v) is 11.2. The van der Waals surface area contributed by atoms with Crippen LogP contribution in [0.4, 0.5) is 0 Å². The minimum Gasteiger partial charge on any atom is -0.298 e. The van der Waals surface area contributed by atoms with Crippen molar-refractivity contribution in [3.8, 4) is 16.9 Å². The number of pyridine rings is 1. The number of nitrogens with zero attached hydrogens (tertiary/aromatic N) is 5. The van der Waals surface area contributed by atoms with E-state index in [2.05, 4.69) is 101 Å². The second kappa shape index (κ2) is 7.01. The van der Waals surface area contributed by atoms with Crippen molar-refractivity contribution in [2.45, 2.75) is 34.6 Å². The zero-order valence-corrected chi connectivity index (χ0v) is 19.5. The van der Waals surface area contributed by atoms with Gasteiger partial charge in [-0.2, -0.15) is 0 Å². The van der Waals surface area contributed by atoms with E-state index in [1.54, 1.807) is 0 Å². The van der Waals surface area contributed by atoms with Crippen LogP contribution in [-0.4, -0.2) is 24.1 Å². The average molecular weight is 432 g/mol. The molecular weight excluding hydrogens is 406 g/mol. The van der Waals surface area contributed by atoms with Gasteiger partial charge in [0.2, 0.25) is 0 Å². The third-order valence-corrected chi connectivity index (χ3v) is 6.58. The molecule has 5 nitrogen and oxygen atoms in total. The maximum atomic E-state index is 5.20. The maximum Gasteiger partial charge on any atom is 0.145 e. The lowest BCUT2D eigenvalue weighted by Gasteiger charge is -2.14. The van der Waals surface area contributed by atoms with Crippen LogP contribution in [-0.2, 0) is 0 Å². The molecule has 3 heterocycles. The van der Waals surface area contributed by atoms with E-state index in [4.69, 9.17) is 4.98 Å². The molecule has 0 aliphatic carbocycles. The van der Waals surface area contributed by atoms with Crippen LogP contribution in [0.1, 0.15) is 28.3 Å². The van der Waals surface area contributed by atoms with Crippen LogP contribution in [0.15, 0.2) is 60.8 Å². The third-order valence-electron chi connectivity index (χ3n) is 6.58. The van der Waals surface area contributed by atoms with Gasteiger partial charge in [-0.1, -0.05) is 48.0 Å². The standard InChI is InChI=1S/C28H25N5/c1-16-13-17(2)26(18(3)14-16)23-15-32-24-11-7-6-9-21(24)27-22(28(32)29-23)10-8-12-25(27)33-19(4)30-31-20(33)5/h6-15H,1-5H3. The van der Waals surface area contributed by atoms with Crippen LogP contribution >= 0.6 is 0 Å². The molecule has 6 rings (SSSR count). The zero-order chi connectivity index (χ0) is 22.9. The minimum atomic E-state index is 0.874. The zero-order valence-electron chi connectivity index (χ0n) is 19.5. The predicted octanol–water partition coefficient (Wildman–Crippen LogP) is 6.43. The van der Waals surface area contributed by atoms with E-state index in [1.165, 1.54) is 33.0 Å². The molecule has 0 radical (unpaired) electrons. The Labute approximate surface area is 192 Å². The van der Waals surface area contributed by atoms with E-state index in [0.717, 1.165) is 39.6 Å². The fourth-order valence-electron chi connectivity index (χ4n) is 5.37. The number of rotatable bonds is 2. The Balaban J connectivity index is 1.78. The van der Waals surface area contributed by atoms with E-state index >= 15 is 0 Å². The van der Waals surface area contributed by atoms with Gasteiger partial charge in [-0.15, -0.1) is 10.2 Å². The molecule has 162 valence electrons. The molecule has 0 aliphatic heterocycles. The van der Waals surface area contributed by atoms with Gasteiger partial charge in [0, 0.05) is 27.9 Å². The smallest absolute Gasteiger partial charge is 0.145 e. The second-order valence-electron chi connectivity index (χ2n) is 8.94. The Kier molecular flexibility index (Phi) is 4.18. The lowest BCUT2D eigenvalue weighted by Crippen LogP contribution is -2.02. The van der Waals surface area contributed by atoms with Crippen molar-refractivity contribution in [3.05, 3.63) is 89.1 Å². The van der Waals surface area contributed by atoms with Crippen molar-refractivity contribution in [2.75, 3.05) is 0 Å². The predicted molar refractivity (Wildman–Crippen MR) is 134 cm³/mol. The summed E-state index contributed by atoms with van der Waals surface area (Å²) in [4.78, 5) is 5.20. The maximum absolute atomic E-state index is 5.20. The Morgan fingerprint density at radius 2 is 1.39 bits per heavy atom. The molecule has 0 bridgehead atoms. The monoisotopic (exact) mass is 431 g/mol. The van der Waals surface area contributed by atoms with Crippen molar-refractivity contribution >= 4 is 27.3 Å². The molecule has 0 unspecified atom stereocenters. The van der Waals surface area contributed by atoms with E-state index in [-0.39, 0.29) is 0 Å². The normalized spacial score (nSPS) is 11.8. The highest BCUT2D eigenvalue weighted by Crippen LogP contribution is 2.36. The van der Waals surface area contributed by atoms with Gasteiger partial charge in [0.15, 0.2) is 0 Å². The number of fused-ring (bicyclic) bond motifs is 6. The lowest BCUT2D eigenvalue weighted by atomic mass is 9.98. The van der Waals surface area contributed by atoms with Crippen LogP contribution < -0.4 is 0 Å². The highest BCUT2D eigenvalue weighted by atomic mass is 15.3. The number of hydrogen-bond donors (Lipinski definition) is 0. The van der Waals surface area contributed by atoms with Gasteiger partial charge in [0.1, 0.15) is 17.3 Å². The fraction of sp³-hybridized carbons (Fsp3) is 0.179. The van der Waals surface area contributed by atoms with E-state index < -0.39 is 0 Å². The van der Waals surface area contributed by atoms with Crippen LogP contribution in [0.5, 0.6) is 0 Å². The van der Waals surface area contributed by atoms with Crippen molar-refractivity contribution in [2.24, 2.45) is 0 Å². The average Bonchev–Trinajstić information content (AvgIpc) is 3.36. The van der Waals surface area contributed by atoms with Gasteiger partial charge in [0.05, 0.1) is 16.9 Å². The molecule has 33 heavy (non-hydrogen) atoms. The summed E-state index contributed by atoms with van der Waals surface area (Å²) in [5, 5.41) is 12.1. The second-order valence-corrected chi connectivity index (χ2v) is 8.94. The largest absolute Gasteiger partial charge is 0.298 e. The molecule has 0 fully saturated rings. The Morgan fingerprint density at radius 1 is 0.727 bits per heavy atom. The molecule has 5 heteroatoms. The van der Waals surface area contributed by atoms with Crippen molar-refractivity contribution in [3.63, 3.8) is 0 Å². The summed E-state index contributed by atoms with van der Waals surface area (Å²) in [5.74, 6) is 1.75. The van der Waals surface area contributed by atoms with Gasteiger partial charge >= 0.3 is 0 Å². The summed E-state index contributed by atoms with van der Waals surface area (Å²) < 4.78 is 4.37. The molecule has 0 saturated carbocycles. The van der Waals surface area contributed by atoms with E-state index in [0.29, 0.717) is 0 Å². The van der Waals surface area contributed by atoms with Crippen LogP contribution in [0, 0.1) is 34.6 Å². The molecule has 0 atom stereocenters. The molecule has 0 N–H and O–H groups in total. The number of aromatic nitrogens is 5. The first kappa shape index (κ1) is 19.7. The van der Waals surface area contributed by atoms with Gasteiger partial charge in [-0.25, -0.2) is 4.98 Å². The first-order valence-electron chi connectivity index (χ1n) is 11.2. The minimum absolute atomic E-state index is 0.874. The first-order chi connectivity index (χ1) is 15.9.